The first-order valence-corrected chi connectivity index (χ1v) is 5.15. The maximum Gasteiger partial charge on any atom is 0.0471 e. The van der Waals surface area contributed by atoms with Gasteiger partial charge in [-0.2, -0.15) is 0 Å². The van der Waals surface area contributed by atoms with Crippen LogP contribution in [0.15, 0.2) is 54.6 Å². The second-order valence-corrected chi connectivity index (χ2v) is 3.54. The lowest BCUT2D eigenvalue weighted by atomic mass is 10.0. The van der Waals surface area contributed by atoms with Crippen molar-refractivity contribution in [1.29, 1.82) is 0 Å². The van der Waals surface area contributed by atoms with Crippen LogP contribution in [-0.2, 0) is 6.42 Å². The first kappa shape index (κ1) is 12.8. The van der Waals surface area contributed by atoms with E-state index in [1.54, 1.807) is 0 Å². The minimum absolute atomic E-state index is 0. The Balaban J connectivity index is 0.00000128. The van der Waals surface area contributed by atoms with Crippen molar-refractivity contribution in [1.82, 2.24) is 0 Å². The normalized spacial score (nSPS) is 9.56. The van der Waals surface area contributed by atoms with Gasteiger partial charge in [-0.3, -0.25) is 0 Å². The number of hydrogen-bond donors (Lipinski definition) is 1. The third-order valence-corrected chi connectivity index (χ3v) is 2.43. The molecule has 0 saturated heterocycles. The second kappa shape index (κ2) is 6.31. The molecule has 0 atom stereocenters. The highest BCUT2D eigenvalue weighted by Gasteiger charge is 1.97. The summed E-state index contributed by atoms with van der Waals surface area (Å²) in [6, 6.07) is 18.6. The van der Waals surface area contributed by atoms with Gasteiger partial charge < -0.3 is 5.11 Å². The largest absolute Gasteiger partial charge is 0.396 e. The number of aliphatic hydroxyl groups is 1. The van der Waals surface area contributed by atoms with Gasteiger partial charge in [0.25, 0.3) is 0 Å². The molecule has 0 unspecified atom stereocenters. The van der Waals surface area contributed by atoms with Gasteiger partial charge in [-0.1, -0.05) is 54.6 Å². The molecule has 0 spiro atoms. The molecule has 0 fully saturated rings. The molecular formula is C14H15ClO. The van der Waals surface area contributed by atoms with Gasteiger partial charge in [0.05, 0.1) is 0 Å². The zero-order valence-electron chi connectivity index (χ0n) is 8.97. The Morgan fingerprint density at radius 1 is 0.812 bits per heavy atom. The van der Waals surface area contributed by atoms with Crippen LogP contribution in [0.2, 0.25) is 0 Å². The van der Waals surface area contributed by atoms with Crippen LogP contribution in [0.25, 0.3) is 11.1 Å². The summed E-state index contributed by atoms with van der Waals surface area (Å²) in [6.45, 7) is 0.207. The lowest BCUT2D eigenvalue weighted by Gasteiger charge is -2.04. The molecule has 0 aliphatic carbocycles. The molecule has 0 amide bonds. The van der Waals surface area contributed by atoms with Gasteiger partial charge in [-0.15, -0.1) is 12.4 Å². The number of rotatable bonds is 3. The summed E-state index contributed by atoms with van der Waals surface area (Å²) >= 11 is 0. The molecule has 0 aromatic heterocycles. The molecule has 0 aliphatic rings. The monoisotopic (exact) mass is 234 g/mol. The molecule has 0 radical (unpaired) electrons. The first-order chi connectivity index (χ1) is 7.40. The Morgan fingerprint density at radius 2 is 1.50 bits per heavy atom. The van der Waals surface area contributed by atoms with Crippen LogP contribution >= 0.6 is 12.4 Å². The van der Waals surface area contributed by atoms with E-state index in [0.29, 0.717) is 0 Å². The highest BCUT2D eigenvalue weighted by molar-refractivity contribution is 5.85. The average molecular weight is 235 g/mol. The quantitative estimate of drug-likeness (QED) is 0.864. The molecule has 16 heavy (non-hydrogen) atoms. The number of benzene rings is 2. The molecule has 0 heterocycles. The lowest BCUT2D eigenvalue weighted by Crippen LogP contribution is -1.90. The Kier molecular flexibility index (Phi) is 5.03. The second-order valence-electron chi connectivity index (χ2n) is 3.54. The maximum absolute atomic E-state index is 8.88. The van der Waals surface area contributed by atoms with Crippen LogP contribution in [0.5, 0.6) is 0 Å². The predicted octanol–water partition coefficient (Wildman–Crippen LogP) is 3.31. The Bertz CT molecular complexity index is 426. The molecule has 0 aliphatic heterocycles. The molecule has 0 bridgehead atoms. The van der Waals surface area contributed by atoms with Gasteiger partial charge in [-0.25, -0.2) is 0 Å². The Labute approximate surface area is 102 Å². The van der Waals surface area contributed by atoms with E-state index in [-0.39, 0.29) is 19.0 Å². The Hall–Kier alpha value is -1.31. The summed E-state index contributed by atoms with van der Waals surface area (Å²) in [5, 5.41) is 8.88. The third-order valence-electron chi connectivity index (χ3n) is 2.43. The molecule has 2 aromatic rings. The van der Waals surface area contributed by atoms with E-state index in [1.165, 1.54) is 16.7 Å². The fourth-order valence-electron chi connectivity index (χ4n) is 1.67. The lowest BCUT2D eigenvalue weighted by molar-refractivity contribution is 0.299. The van der Waals surface area contributed by atoms with Crippen LogP contribution in [0.4, 0.5) is 0 Å². The van der Waals surface area contributed by atoms with Crippen LogP contribution in [0.1, 0.15) is 5.56 Å². The summed E-state index contributed by atoms with van der Waals surface area (Å²) in [5.74, 6) is 0. The van der Waals surface area contributed by atoms with Crippen molar-refractivity contribution in [3.63, 3.8) is 0 Å². The zero-order chi connectivity index (χ0) is 10.5. The van der Waals surface area contributed by atoms with Crippen LogP contribution in [0, 0.1) is 0 Å². The zero-order valence-corrected chi connectivity index (χ0v) is 9.78. The highest BCUT2D eigenvalue weighted by Crippen LogP contribution is 2.19. The van der Waals surface area contributed by atoms with Gasteiger partial charge in [0.15, 0.2) is 0 Å². The van der Waals surface area contributed by atoms with Gasteiger partial charge in [-0.05, 0) is 23.1 Å². The fraction of sp³-hybridized carbons (Fsp3) is 0.143. The van der Waals surface area contributed by atoms with Crippen LogP contribution < -0.4 is 0 Å². The standard InChI is InChI=1S/C14H14O.ClH/c15-10-9-12-5-4-8-14(11-12)13-6-2-1-3-7-13;/h1-8,11,15H,9-10H2;1H. The summed E-state index contributed by atoms with van der Waals surface area (Å²) in [6.07, 6.45) is 0.723. The van der Waals surface area contributed by atoms with Gasteiger partial charge >= 0.3 is 0 Å². The number of halogens is 1. The smallest absolute Gasteiger partial charge is 0.0471 e. The van der Waals surface area contributed by atoms with Crippen molar-refractivity contribution in [3.05, 3.63) is 60.2 Å². The van der Waals surface area contributed by atoms with E-state index >= 15 is 0 Å². The summed E-state index contributed by atoms with van der Waals surface area (Å²) in [4.78, 5) is 0. The molecule has 84 valence electrons. The molecule has 0 saturated carbocycles. The molecule has 2 rings (SSSR count). The highest BCUT2D eigenvalue weighted by atomic mass is 35.5. The van der Waals surface area contributed by atoms with E-state index in [4.69, 9.17) is 5.11 Å². The van der Waals surface area contributed by atoms with Crippen molar-refractivity contribution < 1.29 is 5.11 Å². The molecular weight excluding hydrogens is 220 g/mol. The fourth-order valence-corrected chi connectivity index (χ4v) is 1.67. The third kappa shape index (κ3) is 3.09. The van der Waals surface area contributed by atoms with Gasteiger partial charge in [0.2, 0.25) is 0 Å². The van der Waals surface area contributed by atoms with Gasteiger partial charge in [0.1, 0.15) is 0 Å². The van der Waals surface area contributed by atoms with E-state index in [1.807, 2.05) is 30.3 Å². The molecule has 2 aromatic carbocycles. The number of hydrogen-bond acceptors (Lipinski definition) is 1. The molecule has 2 heteroatoms. The minimum atomic E-state index is 0. The van der Waals surface area contributed by atoms with Crippen LogP contribution in [0.3, 0.4) is 0 Å². The van der Waals surface area contributed by atoms with Crippen molar-refractivity contribution in [2.24, 2.45) is 0 Å². The number of aliphatic hydroxyl groups excluding tert-OH is 1. The van der Waals surface area contributed by atoms with E-state index in [0.717, 1.165) is 6.42 Å². The average Bonchev–Trinajstić information content (AvgIpc) is 2.31. The van der Waals surface area contributed by atoms with Crippen molar-refractivity contribution in [3.8, 4) is 11.1 Å². The summed E-state index contributed by atoms with van der Waals surface area (Å²) < 4.78 is 0. The summed E-state index contributed by atoms with van der Waals surface area (Å²) in [7, 11) is 0. The van der Waals surface area contributed by atoms with E-state index in [2.05, 4.69) is 24.3 Å². The van der Waals surface area contributed by atoms with Crippen molar-refractivity contribution >= 4 is 12.4 Å². The van der Waals surface area contributed by atoms with Gasteiger partial charge in [0, 0.05) is 6.61 Å². The Morgan fingerprint density at radius 3 is 2.19 bits per heavy atom. The van der Waals surface area contributed by atoms with E-state index < -0.39 is 0 Å². The minimum Gasteiger partial charge on any atom is -0.396 e. The predicted molar refractivity (Wildman–Crippen MR) is 69.9 cm³/mol. The molecule has 1 nitrogen and oxygen atoms in total. The molecule has 1 N–H and O–H groups in total. The van der Waals surface area contributed by atoms with Crippen molar-refractivity contribution in [2.75, 3.05) is 6.61 Å². The maximum atomic E-state index is 8.88. The topological polar surface area (TPSA) is 20.2 Å². The first-order valence-electron chi connectivity index (χ1n) is 5.15. The SMILES string of the molecule is Cl.OCCc1cccc(-c2ccccc2)c1. The van der Waals surface area contributed by atoms with Crippen molar-refractivity contribution in [2.45, 2.75) is 6.42 Å². The van der Waals surface area contributed by atoms with E-state index in [9.17, 15) is 0 Å². The van der Waals surface area contributed by atoms with Crippen LogP contribution in [-0.4, -0.2) is 11.7 Å². The summed E-state index contributed by atoms with van der Waals surface area (Å²) in [5.41, 5.74) is 3.61.